The van der Waals surface area contributed by atoms with Crippen molar-refractivity contribution in [3.63, 3.8) is 0 Å². The summed E-state index contributed by atoms with van der Waals surface area (Å²) in [5, 5.41) is 10.2. The van der Waals surface area contributed by atoms with E-state index in [0.29, 0.717) is 5.92 Å². The minimum Gasteiger partial charge on any atom is -0.394 e. The number of rotatable bonds is 4. The molecular formula is C10H17N3OS. The fraction of sp³-hybridized carbons (Fsp3) is 0.800. The van der Waals surface area contributed by atoms with E-state index in [9.17, 15) is 5.11 Å². The van der Waals surface area contributed by atoms with E-state index in [0.717, 1.165) is 11.0 Å². The van der Waals surface area contributed by atoms with Gasteiger partial charge >= 0.3 is 0 Å². The van der Waals surface area contributed by atoms with Gasteiger partial charge in [0.25, 0.3) is 0 Å². The molecule has 1 aromatic rings. The molecule has 5 heteroatoms. The molecular weight excluding hydrogens is 210 g/mol. The topological polar surface area (TPSA) is 49.2 Å². The number of aliphatic hydroxyl groups excluding tert-OH is 1. The van der Waals surface area contributed by atoms with Gasteiger partial charge in [0.15, 0.2) is 0 Å². The average molecular weight is 227 g/mol. The molecule has 15 heavy (non-hydrogen) atoms. The molecule has 0 aromatic carbocycles. The third-order valence-electron chi connectivity index (χ3n) is 2.96. The summed E-state index contributed by atoms with van der Waals surface area (Å²) in [5.41, 5.74) is -0.277. The highest BCUT2D eigenvalue weighted by atomic mass is 32.1. The summed E-state index contributed by atoms with van der Waals surface area (Å²) >= 11 is 1.42. The van der Waals surface area contributed by atoms with Gasteiger partial charge in [0, 0.05) is 24.5 Å². The van der Waals surface area contributed by atoms with Crippen molar-refractivity contribution in [1.29, 1.82) is 0 Å². The number of hydrogen-bond acceptors (Lipinski definition) is 5. The molecule has 1 heterocycles. The molecule has 1 aliphatic rings. The van der Waals surface area contributed by atoms with E-state index >= 15 is 0 Å². The molecule has 0 unspecified atom stereocenters. The van der Waals surface area contributed by atoms with Gasteiger partial charge in [-0.15, -0.1) is 0 Å². The normalized spacial score (nSPS) is 16.8. The smallest absolute Gasteiger partial charge is 0.205 e. The number of hydrogen-bond donors (Lipinski definition) is 1. The van der Waals surface area contributed by atoms with E-state index in [1.807, 2.05) is 25.8 Å². The number of aromatic nitrogens is 2. The Bertz CT molecular complexity index is 346. The van der Waals surface area contributed by atoms with Crippen LogP contribution in [0, 0.1) is 0 Å². The highest BCUT2D eigenvalue weighted by Gasteiger charge is 2.30. The average Bonchev–Trinajstić information content (AvgIpc) is 2.96. The first-order valence-corrected chi connectivity index (χ1v) is 6.00. The lowest BCUT2D eigenvalue weighted by molar-refractivity contribution is 0.216. The van der Waals surface area contributed by atoms with E-state index in [2.05, 4.69) is 9.36 Å². The first kappa shape index (κ1) is 10.8. The molecule has 2 rings (SSSR count). The van der Waals surface area contributed by atoms with Crippen LogP contribution in [-0.2, 0) is 0 Å². The van der Waals surface area contributed by atoms with Crippen molar-refractivity contribution in [3.05, 3.63) is 5.82 Å². The maximum absolute atomic E-state index is 9.27. The lowest BCUT2D eigenvalue weighted by Gasteiger charge is -2.33. The lowest BCUT2D eigenvalue weighted by Crippen LogP contribution is -2.44. The number of anilines is 1. The standard InChI is InChI=1S/C10H17N3OS/c1-10(2,6-14)13(3)9-11-8(12-15-9)7-4-5-7/h7,14H,4-6H2,1-3H3. The molecule has 0 saturated heterocycles. The Morgan fingerprint density at radius 1 is 1.53 bits per heavy atom. The molecule has 4 nitrogen and oxygen atoms in total. The third-order valence-corrected chi connectivity index (χ3v) is 3.76. The highest BCUT2D eigenvalue weighted by molar-refractivity contribution is 7.09. The maximum Gasteiger partial charge on any atom is 0.205 e. The zero-order valence-corrected chi connectivity index (χ0v) is 10.2. The van der Waals surface area contributed by atoms with Gasteiger partial charge in [-0.2, -0.15) is 4.37 Å². The molecule has 84 valence electrons. The molecule has 1 fully saturated rings. The van der Waals surface area contributed by atoms with Gasteiger partial charge in [-0.1, -0.05) is 0 Å². The summed E-state index contributed by atoms with van der Waals surface area (Å²) in [6.45, 7) is 4.10. The Labute approximate surface area is 94.1 Å². The van der Waals surface area contributed by atoms with E-state index in [1.54, 1.807) is 0 Å². The van der Waals surface area contributed by atoms with Crippen molar-refractivity contribution < 1.29 is 5.11 Å². The fourth-order valence-electron chi connectivity index (χ4n) is 1.23. The molecule has 1 saturated carbocycles. The predicted octanol–water partition coefficient (Wildman–Crippen LogP) is 1.62. The van der Waals surface area contributed by atoms with Crippen LogP contribution in [0.15, 0.2) is 0 Å². The molecule has 1 N–H and O–H groups in total. The van der Waals surface area contributed by atoms with Gasteiger partial charge in [0.05, 0.1) is 12.1 Å². The summed E-state index contributed by atoms with van der Waals surface area (Å²) in [6, 6.07) is 0. The van der Waals surface area contributed by atoms with Crippen LogP contribution >= 0.6 is 11.5 Å². The second-order valence-corrected chi connectivity index (χ2v) is 5.47. The number of likely N-dealkylation sites (N-methyl/N-ethyl adjacent to an activating group) is 1. The SMILES string of the molecule is CN(c1nc(C2CC2)ns1)C(C)(C)CO. The van der Waals surface area contributed by atoms with Crippen molar-refractivity contribution in [3.8, 4) is 0 Å². The van der Waals surface area contributed by atoms with Crippen LogP contribution in [0.25, 0.3) is 0 Å². The molecule has 1 aromatic heterocycles. The molecule has 0 atom stereocenters. The van der Waals surface area contributed by atoms with E-state index in [-0.39, 0.29) is 12.1 Å². The maximum atomic E-state index is 9.27. The van der Waals surface area contributed by atoms with Gasteiger partial charge in [-0.3, -0.25) is 0 Å². The van der Waals surface area contributed by atoms with Gasteiger partial charge in [0.1, 0.15) is 5.82 Å². The van der Waals surface area contributed by atoms with Crippen molar-refractivity contribution in [2.75, 3.05) is 18.6 Å². The second-order valence-electron chi connectivity index (χ2n) is 4.74. The predicted molar refractivity (Wildman–Crippen MR) is 61.5 cm³/mol. The second kappa shape index (κ2) is 3.72. The van der Waals surface area contributed by atoms with Crippen molar-refractivity contribution in [2.45, 2.75) is 38.1 Å². The van der Waals surface area contributed by atoms with Crippen LogP contribution in [0.1, 0.15) is 38.4 Å². The van der Waals surface area contributed by atoms with Crippen LogP contribution in [0.3, 0.4) is 0 Å². The minimum absolute atomic E-state index is 0.113. The Hall–Kier alpha value is -0.680. The van der Waals surface area contributed by atoms with Crippen molar-refractivity contribution in [2.24, 2.45) is 0 Å². The molecule has 0 aliphatic heterocycles. The quantitative estimate of drug-likeness (QED) is 0.849. The number of aliphatic hydroxyl groups is 1. The van der Waals surface area contributed by atoms with Crippen LogP contribution < -0.4 is 4.90 Å². The Morgan fingerprint density at radius 2 is 2.20 bits per heavy atom. The van der Waals surface area contributed by atoms with Crippen LogP contribution in [0.5, 0.6) is 0 Å². The van der Waals surface area contributed by atoms with E-state index in [1.165, 1.54) is 24.4 Å². The largest absolute Gasteiger partial charge is 0.394 e. The van der Waals surface area contributed by atoms with Gasteiger partial charge < -0.3 is 10.0 Å². The summed E-state index contributed by atoms with van der Waals surface area (Å²) in [6.07, 6.45) is 2.45. The Kier molecular flexibility index (Phi) is 2.68. The van der Waals surface area contributed by atoms with Crippen LogP contribution in [-0.4, -0.2) is 33.7 Å². The molecule has 0 bridgehead atoms. The van der Waals surface area contributed by atoms with E-state index < -0.39 is 0 Å². The fourth-order valence-corrected chi connectivity index (χ4v) is 2.10. The van der Waals surface area contributed by atoms with Gasteiger partial charge in [0.2, 0.25) is 5.13 Å². The monoisotopic (exact) mass is 227 g/mol. The minimum atomic E-state index is -0.277. The first-order chi connectivity index (χ1) is 7.04. The van der Waals surface area contributed by atoms with Crippen LogP contribution in [0.4, 0.5) is 5.13 Å². The highest BCUT2D eigenvalue weighted by Crippen LogP contribution is 2.40. The van der Waals surface area contributed by atoms with Crippen molar-refractivity contribution >= 4 is 16.7 Å². The van der Waals surface area contributed by atoms with Gasteiger partial charge in [-0.05, 0) is 26.7 Å². The van der Waals surface area contributed by atoms with Crippen molar-refractivity contribution in [1.82, 2.24) is 9.36 Å². The van der Waals surface area contributed by atoms with Gasteiger partial charge in [-0.25, -0.2) is 4.98 Å². The van der Waals surface area contributed by atoms with E-state index in [4.69, 9.17) is 0 Å². The Morgan fingerprint density at radius 3 is 2.73 bits per heavy atom. The first-order valence-electron chi connectivity index (χ1n) is 5.23. The zero-order chi connectivity index (χ0) is 11.1. The summed E-state index contributed by atoms with van der Waals surface area (Å²) in [7, 11) is 1.95. The summed E-state index contributed by atoms with van der Waals surface area (Å²) < 4.78 is 4.35. The lowest BCUT2D eigenvalue weighted by atomic mass is 10.1. The zero-order valence-electron chi connectivity index (χ0n) is 9.40. The molecule has 0 radical (unpaired) electrons. The molecule has 1 aliphatic carbocycles. The third kappa shape index (κ3) is 2.13. The number of nitrogens with zero attached hydrogens (tertiary/aromatic N) is 3. The summed E-state index contributed by atoms with van der Waals surface area (Å²) in [4.78, 5) is 6.51. The Balaban J connectivity index is 2.14. The summed E-state index contributed by atoms with van der Waals surface area (Å²) in [5.74, 6) is 1.58. The molecule has 0 amide bonds. The van der Waals surface area contributed by atoms with Crippen LogP contribution in [0.2, 0.25) is 0 Å². The molecule has 0 spiro atoms.